The molecule has 0 atom stereocenters. The molecule has 0 saturated heterocycles. The van der Waals surface area contributed by atoms with E-state index in [1.54, 1.807) is 42.5 Å². The molecule has 0 spiro atoms. The summed E-state index contributed by atoms with van der Waals surface area (Å²) in [6, 6.07) is 13.5. The van der Waals surface area contributed by atoms with Crippen molar-refractivity contribution in [2.75, 3.05) is 17.7 Å². The van der Waals surface area contributed by atoms with E-state index in [2.05, 4.69) is 21.2 Å². The van der Waals surface area contributed by atoms with Crippen LogP contribution in [0.3, 0.4) is 0 Å². The summed E-state index contributed by atoms with van der Waals surface area (Å²) in [5, 5.41) is 2.63. The number of benzene rings is 2. The molecular weight excluding hydrogens is 336 g/mol. The van der Waals surface area contributed by atoms with Crippen molar-refractivity contribution in [1.82, 2.24) is 0 Å². The van der Waals surface area contributed by atoms with Gasteiger partial charge in [-0.1, -0.05) is 22.0 Å². The van der Waals surface area contributed by atoms with Crippen LogP contribution in [0.15, 0.2) is 53.0 Å². The van der Waals surface area contributed by atoms with Gasteiger partial charge in [-0.2, -0.15) is 0 Å². The fourth-order valence-corrected chi connectivity index (χ4v) is 1.87. The maximum atomic E-state index is 11.7. The molecule has 2 aromatic carbocycles. The highest BCUT2D eigenvalue weighted by atomic mass is 79.9. The van der Waals surface area contributed by atoms with Crippen molar-refractivity contribution in [3.8, 4) is 0 Å². The number of rotatable bonds is 4. The van der Waals surface area contributed by atoms with Gasteiger partial charge in [-0.25, -0.2) is 4.79 Å². The van der Waals surface area contributed by atoms with Crippen molar-refractivity contribution in [3.05, 3.63) is 58.6 Å². The van der Waals surface area contributed by atoms with E-state index in [9.17, 15) is 9.59 Å². The SMILES string of the molecule is Nc1cccc(C(=O)OCC(=O)Nc2ccc(Br)cc2)c1. The minimum atomic E-state index is -0.590. The largest absolute Gasteiger partial charge is 0.452 e. The quantitative estimate of drug-likeness (QED) is 0.657. The Bertz CT molecular complexity index is 656. The number of hydrogen-bond donors (Lipinski definition) is 2. The molecule has 21 heavy (non-hydrogen) atoms. The predicted molar refractivity (Wildman–Crippen MR) is 83.9 cm³/mol. The highest BCUT2D eigenvalue weighted by Gasteiger charge is 2.10. The first-order valence-electron chi connectivity index (χ1n) is 6.12. The van der Waals surface area contributed by atoms with Gasteiger partial charge >= 0.3 is 5.97 Å². The van der Waals surface area contributed by atoms with Crippen molar-refractivity contribution in [2.24, 2.45) is 0 Å². The van der Waals surface area contributed by atoms with Gasteiger partial charge in [0.15, 0.2) is 6.61 Å². The van der Waals surface area contributed by atoms with Gasteiger partial charge in [0.1, 0.15) is 0 Å². The highest BCUT2D eigenvalue weighted by Crippen LogP contribution is 2.14. The molecule has 2 rings (SSSR count). The van der Waals surface area contributed by atoms with E-state index in [4.69, 9.17) is 10.5 Å². The lowest BCUT2D eigenvalue weighted by Gasteiger charge is -2.07. The van der Waals surface area contributed by atoms with E-state index in [1.165, 1.54) is 6.07 Å². The van der Waals surface area contributed by atoms with Crippen molar-refractivity contribution in [2.45, 2.75) is 0 Å². The second kappa shape index (κ2) is 6.90. The van der Waals surface area contributed by atoms with E-state index in [0.29, 0.717) is 16.9 Å². The Morgan fingerprint density at radius 3 is 2.52 bits per heavy atom. The highest BCUT2D eigenvalue weighted by molar-refractivity contribution is 9.10. The van der Waals surface area contributed by atoms with Crippen molar-refractivity contribution < 1.29 is 14.3 Å². The summed E-state index contributed by atoms with van der Waals surface area (Å²) in [5.74, 6) is -0.997. The molecule has 0 heterocycles. The third-order valence-electron chi connectivity index (χ3n) is 2.58. The number of halogens is 1. The zero-order valence-corrected chi connectivity index (χ0v) is 12.6. The van der Waals surface area contributed by atoms with Gasteiger partial charge in [-0.3, -0.25) is 4.79 Å². The zero-order valence-electron chi connectivity index (χ0n) is 11.0. The third-order valence-corrected chi connectivity index (χ3v) is 3.11. The lowest BCUT2D eigenvalue weighted by Crippen LogP contribution is -2.20. The first-order chi connectivity index (χ1) is 10.0. The van der Waals surface area contributed by atoms with Gasteiger partial charge in [0, 0.05) is 15.8 Å². The number of hydrogen-bond acceptors (Lipinski definition) is 4. The van der Waals surface area contributed by atoms with Crippen LogP contribution in [0.4, 0.5) is 11.4 Å². The Labute approximate surface area is 130 Å². The average Bonchev–Trinajstić information content (AvgIpc) is 2.47. The smallest absolute Gasteiger partial charge is 0.338 e. The summed E-state index contributed by atoms with van der Waals surface area (Å²) < 4.78 is 5.84. The number of carbonyl (C=O) groups is 2. The zero-order chi connectivity index (χ0) is 15.2. The maximum Gasteiger partial charge on any atom is 0.338 e. The number of amides is 1. The first kappa shape index (κ1) is 15.1. The molecule has 0 aliphatic rings. The van der Waals surface area contributed by atoms with Gasteiger partial charge in [-0.15, -0.1) is 0 Å². The minimum absolute atomic E-state index is 0.312. The lowest BCUT2D eigenvalue weighted by molar-refractivity contribution is -0.119. The monoisotopic (exact) mass is 348 g/mol. The second-order valence-corrected chi connectivity index (χ2v) is 5.17. The van der Waals surface area contributed by atoms with Gasteiger partial charge in [0.25, 0.3) is 5.91 Å². The Morgan fingerprint density at radius 2 is 1.86 bits per heavy atom. The van der Waals surface area contributed by atoms with Gasteiger partial charge in [0.05, 0.1) is 5.56 Å². The molecule has 1 amide bonds. The van der Waals surface area contributed by atoms with Crippen LogP contribution in [-0.2, 0) is 9.53 Å². The predicted octanol–water partition coefficient (Wildman–Crippen LogP) is 2.83. The van der Waals surface area contributed by atoms with E-state index in [1.807, 2.05) is 0 Å². The van der Waals surface area contributed by atoms with Crippen molar-refractivity contribution in [3.63, 3.8) is 0 Å². The Hall–Kier alpha value is -2.34. The molecule has 0 aliphatic carbocycles. The summed E-state index contributed by atoms with van der Waals surface area (Å²) in [7, 11) is 0. The van der Waals surface area contributed by atoms with Crippen LogP contribution in [0.5, 0.6) is 0 Å². The van der Waals surface area contributed by atoms with Crippen molar-refractivity contribution >= 4 is 39.2 Å². The molecule has 0 aromatic heterocycles. The molecule has 0 bridgehead atoms. The van der Waals surface area contributed by atoms with Crippen LogP contribution in [0.1, 0.15) is 10.4 Å². The molecule has 0 radical (unpaired) electrons. The fourth-order valence-electron chi connectivity index (χ4n) is 1.61. The molecule has 0 saturated carbocycles. The number of nitrogens with two attached hydrogens (primary N) is 1. The maximum absolute atomic E-state index is 11.7. The fraction of sp³-hybridized carbons (Fsp3) is 0.0667. The molecule has 3 N–H and O–H groups in total. The number of anilines is 2. The van der Waals surface area contributed by atoms with E-state index < -0.39 is 11.9 Å². The van der Waals surface area contributed by atoms with Crippen LogP contribution < -0.4 is 11.1 Å². The Balaban J connectivity index is 1.86. The lowest BCUT2D eigenvalue weighted by atomic mass is 10.2. The van der Waals surface area contributed by atoms with Crippen LogP contribution in [0, 0.1) is 0 Å². The molecule has 0 aliphatic heterocycles. The van der Waals surface area contributed by atoms with Crippen LogP contribution >= 0.6 is 15.9 Å². The molecule has 0 unspecified atom stereocenters. The topological polar surface area (TPSA) is 81.4 Å². The summed E-state index contributed by atoms with van der Waals surface area (Å²) in [4.78, 5) is 23.4. The van der Waals surface area contributed by atoms with Gasteiger partial charge in [-0.05, 0) is 42.5 Å². The Kier molecular flexibility index (Phi) is 4.94. The summed E-state index contributed by atoms with van der Waals surface area (Å²) in [6.07, 6.45) is 0. The normalized spacial score (nSPS) is 9.95. The second-order valence-electron chi connectivity index (χ2n) is 4.26. The summed E-state index contributed by atoms with van der Waals surface area (Å²) in [5.41, 5.74) is 6.98. The van der Waals surface area contributed by atoms with Crippen molar-refractivity contribution in [1.29, 1.82) is 0 Å². The molecule has 6 heteroatoms. The first-order valence-corrected chi connectivity index (χ1v) is 6.92. The van der Waals surface area contributed by atoms with Gasteiger partial charge in [0.2, 0.25) is 0 Å². The summed E-state index contributed by atoms with van der Waals surface area (Å²) >= 11 is 3.30. The van der Waals surface area contributed by atoms with Crippen LogP contribution in [0.2, 0.25) is 0 Å². The number of carbonyl (C=O) groups excluding carboxylic acids is 2. The van der Waals surface area contributed by atoms with E-state index in [0.717, 1.165) is 4.47 Å². The van der Waals surface area contributed by atoms with Crippen LogP contribution in [0.25, 0.3) is 0 Å². The molecule has 0 fully saturated rings. The van der Waals surface area contributed by atoms with Gasteiger partial charge < -0.3 is 15.8 Å². The molecule has 108 valence electrons. The number of nitrogens with one attached hydrogen (secondary N) is 1. The number of esters is 1. The summed E-state index contributed by atoms with van der Waals surface area (Å²) in [6.45, 7) is -0.357. The third kappa shape index (κ3) is 4.61. The van der Waals surface area contributed by atoms with E-state index >= 15 is 0 Å². The number of ether oxygens (including phenoxy) is 1. The number of nitrogen functional groups attached to an aromatic ring is 1. The molecule has 5 nitrogen and oxygen atoms in total. The molecule has 2 aromatic rings. The molecular formula is C15H13BrN2O3. The standard InChI is InChI=1S/C15H13BrN2O3/c16-11-4-6-13(7-5-11)18-14(19)9-21-15(20)10-2-1-3-12(17)8-10/h1-8H,9,17H2,(H,18,19). The average molecular weight is 349 g/mol. The van der Waals surface area contributed by atoms with Crippen LogP contribution in [-0.4, -0.2) is 18.5 Å². The Morgan fingerprint density at radius 1 is 1.14 bits per heavy atom. The minimum Gasteiger partial charge on any atom is -0.452 e. The van der Waals surface area contributed by atoms with E-state index in [-0.39, 0.29) is 6.61 Å².